The van der Waals surface area contributed by atoms with Crippen LogP contribution in [0.2, 0.25) is 0 Å². The highest BCUT2D eigenvalue weighted by atomic mass is 19.1. The van der Waals surface area contributed by atoms with Gasteiger partial charge < -0.3 is 14.6 Å². The van der Waals surface area contributed by atoms with Crippen LogP contribution in [0.5, 0.6) is 0 Å². The fourth-order valence-electron chi connectivity index (χ4n) is 2.95. The lowest BCUT2D eigenvalue weighted by Crippen LogP contribution is -2.22. The highest BCUT2D eigenvalue weighted by molar-refractivity contribution is 6.00. The van der Waals surface area contributed by atoms with E-state index in [1.54, 1.807) is 13.0 Å². The van der Waals surface area contributed by atoms with Gasteiger partial charge in [-0.05, 0) is 62.6 Å². The lowest BCUT2D eigenvalue weighted by atomic mass is 10.1. The van der Waals surface area contributed by atoms with Crippen LogP contribution < -0.4 is 5.32 Å². The molecule has 0 radical (unpaired) electrons. The molecule has 152 valence electrons. The van der Waals surface area contributed by atoms with Gasteiger partial charge in [0.05, 0.1) is 5.69 Å². The number of nitriles is 1. The molecule has 1 aromatic carbocycles. The molecule has 0 aliphatic carbocycles. The van der Waals surface area contributed by atoms with Crippen LogP contribution in [0.3, 0.4) is 0 Å². The molecule has 0 bridgehead atoms. The molecule has 7 heteroatoms. The zero-order valence-corrected chi connectivity index (χ0v) is 17.0. The van der Waals surface area contributed by atoms with Crippen LogP contribution in [0.15, 0.2) is 29.8 Å². The Morgan fingerprint density at radius 2 is 2.00 bits per heavy atom. The summed E-state index contributed by atoms with van der Waals surface area (Å²) in [4.78, 5) is 24.1. The highest BCUT2D eigenvalue weighted by Gasteiger charge is 2.16. The van der Waals surface area contributed by atoms with Gasteiger partial charge in [-0.15, -0.1) is 0 Å². The number of aryl methyl sites for hydroxylation is 2. The van der Waals surface area contributed by atoms with Crippen molar-refractivity contribution >= 4 is 23.6 Å². The Bertz CT molecular complexity index is 999. The largest absolute Gasteiger partial charge is 0.451 e. The maximum atomic E-state index is 13.8. The predicted octanol–water partition coefficient (Wildman–Crippen LogP) is 4.05. The van der Waals surface area contributed by atoms with Gasteiger partial charge in [0.25, 0.3) is 5.91 Å². The average Bonchev–Trinajstić information content (AvgIpc) is 2.94. The first-order chi connectivity index (χ1) is 13.8. The van der Waals surface area contributed by atoms with Gasteiger partial charge in [-0.25, -0.2) is 9.18 Å². The third-order valence-corrected chi connectivity index (χ3v) is 4.43. The van der Waals surface area contributed by atoms with Crippen LogP contribution in [0.4, 0.5) is 10.1 Å². The second-order valence-corrected chi connectivity index (χ2v) is 6.76. The van der Waals surface area contributed by atoms with Crippen molar-refractivity contribution in [3.05, 3.63) is 58.2 Å². The van der Waals surface area contributed by atoms with Crippen molar-refractivity contribution in [3.63, 3.8) is 0 Å². The number of nitrogens with one attached hydrogen (secondary N) is 1. The number of carbonyl (C=O) groups is 2. The smallest absolute Gasteiger partial charge is 0.349 e. The molecule has 29 heavy (non-hydrogen) atoms. The fraction of sp³-hybridized carbons (Fsp3) is 0.318. The summed E-state index contributed by atoms with van der Waals surface area (Å²) in [5, 5.41) is 11.7. The van der Waals surface area contributed by atoms with Crippen molar-refractivity contribution in [1.29, 1.82) is 5.26 Å². The number of benzene rings is 1. The van der Waals surface area contributed by atoms with Crippen LogP contribution in [0, 0.1) is 37.9 Å². The summed E-state index contributed by atoms with van der Waals surface area (Å²) in [5.41, 5.74) is 3.22. The molecule has 1 aromatic heterocycles. The summed E-state index contributed by atoms with van der Waals surface area (Å²) in [7, 11) is 0. The quantitative estimate of drug-likeness (QED) is 0.434. The van der Waals surface area contributed by atoms with E-state index in [-0.39, 0.29) is 11.3 Å². The standard InChI is InChI=1S/C22H24FN3O3/c1-5-8-26-15(3)10-17(16(26)4)11-18(12-24)22(28)29-13-21(27)25-20-7-6-14(2)9-19(20)23/h6-7,9-11H,5,8,13H2,1-4H3,(H,25,27)/b18-11+. The number of anilines is 1. The maximum Gasteiger partial charge on any atom is 0.349 e. The van der Waals surface area contributed by atoms with E-state index in [2.05, 4.69) is 16.8 Å². The third kappa shape index (κ3) is 5.55. The molecule has 2 aromatic rings. The summed E-state index contributed by atoms with van der Waals surface area (Å²) in [6.45, 7) is 7.89. The van der Waals surface area contributed by atoms with Gasteiger partial charge in [0.2, 0.25) is 0 Å². The molecular weight excluding hydrogens is 373 g/mol. The first kappa shape index (κ1) is 21.9. The van der Waals surface area contributed by atoms with Crippen LogP contribution >= 0.6 is 0 Å². The van der Waals surface area contributed by atoms with Crippen molar-refractivity contribution in [3.8, 4) is 6.07 Å². The Labute approximate surface area is 169 Å². The summed E-state index contributed by atoms with van der Waals surface area (Å²) in [6, 6.07) is 8.07. The molecule has 0 aliphatic rings. The second kappa shape index (κ2) is 9.69. The first-order valence-electron chi connectivity index (χ1n) is 9.28. The first-order valence-corrected chi connectivity index (χ1v) is 9.28. The molecule has 6 nitrogen and oxygen atoms in total. The topological polar surface area (TPSA) is 84.1 Å². The predicted molar refractivity (Wildman–Crippen MR) is 109 cm³/mol. The van der Waals surface area contributed by atoms with E-state index in [1.807, 2.05) is 26.0 Å². The van der Waals surface area contributed by atoms with E-state index in [4.69, 9.17) is 4.74 Å². The van der Waals surface area contributed by atoms with Crippen molar-refractivity contribution in [2.45, 2.75) is 40.7 Å². The van der Waals surface area contributed by atoms with Crippen molar-refractivity contribution in [1.82, 2.24) is 4.57 Å². The minimum atomic E-state index is -0.910. The molecule has 0 atom stereocenters. The molecule has 1 N–H and O–H groups in total. The summed E-state index contributed by atoms with van der Waals surface area (Å²) in [5.74, 6) is -2.18. The van der Waals surface area contributed by atoms with Gasteiger partial charge in [0.1, 0.15) is 17.5 Å². The van der Waals surface area contributed by atoms with E-state index in [9.17, 15) is 19.2 Å². The average molecular weight is 397 g/mol. The maximum absolute atomic E-state index is 13.8. The van der Waals surface area contributed by atoms with E-state index < -0.39 is 24.3 Å². The molecular formula is C22H24FN3O3. The Kier molecular flexibility index (Phi) is 7.32. The van der Waals surface area contributed by atoms with Crippen molar-refractivity contribution < 1.29 is 18.7 Å². The van der Waals surface area contributed by atoms with E-state index in [0.29, 0.717) is 5.56 Å². The van der Waals surface area contributed by atoms with E-state index >= 15 is 0 Å². The molecule has 0 saturated heterocycles. The van der Waals surface area contributed by atoms with Crippen LogP contribution in [-0.2, 0) is 20.9 Å². The monoisotopic (exact) mass is 397 g/mol. The number of hydrogen-bond donors (Lipinski definition) is 1. The number of rotatable bonds is 7. The molecule has 1 heterocycles. The van der Waals surface area contributed by atoms with Gasteiger partial charge in [0, 0.05) is 17.9 Å². The number of amides is 1. The Morgan fingerprint density at radius 3 is 2.62 bits per heavy atom. The van der Waals surface area contributed by atoms with E-state index in [1.165, 1.54) is 18.2 Å². The van der Waals surface area contributed by atoms with Crippen LogP contribution in [0.1, 0.15) is 35.9 Å². The van der Waals surface area contributed by atoms with Crippen molar-refractivity contribution in [2.75, 3.05) is 11.9 Å². The van der Waals surface area contributed by atoms with Gasteiger partial charge >= 0.3 is 5.97 Å². The fourth-order valence-corrected chi connectivity index (χ4v) is 2.95. The van der Waals surface area contributed by atoms with Gasteiger partial charge in [-0.1, -0.05) is 13.0 Å². The minimum absolute atomic E-state index is 0.00365. The summed E-state index contributed by atoms with van der Waals surface area (Å²) >= 11 is 0. The van der Waals surface area contributed by atoms with Gasteiger partial charge in [-0.3, -0.25) is 4.79 Å². The van der Waals surface area contributed by atoms with Gasteiger partial charge in [0.15, 0.2) is 6.61 Å². The summed E-state index contributed by atoms with van der Waals surface area (Å²) in [6.07, 6.45) is 2.41. The molecule has 0 saturated carbocycles. The van der Waals surface area contributed by atoms with Gasteiger partial charge in [-0.2, -0.15) is 5.26 Å². The zero-order valence-electron chi connectivity index (χ0n) is 17.0. The Hall–Kier alpha value is -3.40. The number of aromatic nitrogens is 1. The number of esters is 1. The molecule has 1 amide bonds. The molecule has 2 rings (SSSR count). The molecule has 0 spiro atoms. The van der Waals surface area contributed by atoms with Crippen molar-refractivity contribution in [2.24, 2.45) is 0 Å². The minimum Gasteiger partial charge on any atom is -0.451 e. The number of ether oxygens (including phenoxy) is 1. The number of carbonyl (C=O) groups excluding carboxylic acids is 2. The summed E-state index contributed by atoms with van der Waals surface area (Å²) < 4.78 is 20.8. The lowest BCUT2D eigenvalue weighted by molar-refractivity contribution is -0.142. The Morgan fingerprint density at radius 1 is 1.28 bits per heavy atom. The SMILES string of the molecule is CCCn1c(C)cc(/C=C(\C#N)C(=O)OCC(=O)Nc2ccc(C)cc2F)c1C. The second-order valence-electron chi connectivity index (χ2n) is 6.76. The Balaban J connectivity index is 2.05. The molecule has 0 aliphatic heterocycles. The molecule has 0 fully saturated rings. The number of halogens is 1. The van der Waals surface area contributed by atoms with Crippen LogP contribution in [0.25, 0.3) is 6.08 Å². The highest BCUT2D eigenvalue weighted by Crippen LogP contribution is 2.19. The lowest BCUT2D eigenvalue weighted by Gasteiger charge is -2.08. The molecule has 0 unspecified atom stereocenters. The normalized spacial score (nSPS) is 11.1. The van der Waals surface area contributed by atoms with E-state index in [0.717, 1.165) is 29.9 Å². The third-order valence-electron chi connectivity index (χ3n) is 4.43. The van der Waals surface area contributed by atoms with Crippen LogP contribution in [-0.4, -0.2) is 23.1 Å². The number of hydrogen-bond acceptors (Lipinski definition) is 4. The number of nitrogens with zero attached hydrogens (tertiary/aromatic N) is 2. The zero-order chi connectivity index (χ0) is 21.6.